The second kappa shape index (κ2) is 7.90. The predicted octanol–water partition coefficient (Wildman–Crippen LogP) is 3.68. The molecule has 24 heavy (non-hydrogen) atoms. The van der Waals surface area contributed by atoms with Crippen LogP contribution >= 0.6 is 11.3 Å². The molecule has 0 spiro atoms. The molecule has 1 atom stereocenters. The molecule has 0 bridgehead atoms. The van der Waals surface area contributed by atoms with Gasteiger partial charge in [-0.15, -0.1) is 11.3 Å². The smallest absolute Gasteiger partial charge is 0.226 e. The van der Waals surface area contributed by atoms with Gasteiger partial charge in [0.25, 0.3) is 0 Å². The summed E-state index contributed by atoms with van der Waals surface area (Å²) < 4.78 is 0. The number of rotatable bonds is 6. The van der Waals surface area contributed by atoms with Crippen LogP contribution in [0.25, 0.3) is 0 Å². The highest BCUT2D eigenvalue weighted by Gasteiger charge is 2.16. The monoisotopic (exact) mass is 343 g/mol. The summed E-state index contributed by atoms with van der Waals surface area (Å²) in [6, 6.07) is 8.57. The van der Waals surface area contributed by atoms with Gasteiger partial charge in [-0.25, -0.2) is 4.98 Å². The third-order valence-electron chi connectivity index (χ3n) is 4.57. The van der Waals surface area contributed by atoms with Crippen molar-refractivity contribution >= 4 is 22.4 Å². The highest BCUT2D eigenvalue weighted by atomic mass is 32.1. The molecular formula is C19H25N3OS. The van der Waals surface area contributed by atoms with E-state index in [1.807, 2.05) is 6.92 Å². The minimum absolute atomic E-state index is 0.0811. The molecule has 1 amide bonds. The van der Waals surface area contributed by atoms with E-state index in [-0.39, 0.29) is 5.91 Å². The quantitative estimate of drug-likeness (QED) is 0.841. The fourth-order valence-corrected chi connectivity index (χ4v) is 4.03. The standard InChI is InChI=1S/C19H25N3OS/c1-13-3-5-15(6-4-13)11-17-14(2)21-19(24-17)22-18(23)8-7-16-9-10-20-12-16/h3-6,16,20H,7-12H2,1-2H3,(H,21,22,23). The van der Waals surface area contributed by atoms with E-state index in [4.69, 9.17) is 0 Å². The van der Waals surface area contributed by atoms with E-state index >= 15 is 0 Å². The molecule has 2 N–H and O–H groups in total. The van der Waals surface area contributed by atoms with Crippen molar-refractivity contribution < 1.29 is 4.79 Å². The van der Waals surface area contributed by atoms with Gasteiger partial charge in [0.2, 0.25) is 5.91 Å². The summed E-state index contributed by atoms with van der Waals surface area (Å²) in [5.74, 6) is 0.725. The first-order chi connectivity index (χ1) is 11.6. The number of nitrogens with one attached hydrogen (secondary N) is 2. The number of amides is 1. The van der Waals surface area contributed by atoms with E-state index in [9.17, 15) is 4.79 Å². The van der Waals surface area contributed by atoms with E-state index in [1.165, 1.54) is 22.4 Å². The molecular weight excluding hydrogens is 318 g/mol. The summed E-state index contributed by atoms with van der Waals surface area (Å²) >= 11 is 1.59. The molecule has 1 saturated heterocycles. The van der Waals surface area contributed by atoms with E-state index in [2.05, 4.69) is 46.8 Å². The molecule has 4 nitrogen and oxygen atoms in total. The van der Waals surface area contributed by atoms with Crippen molar-refractivity contribution in [2.45, 2.75) is 39.5 Å². The van der Waals surface area contributed by atoms with Crippen LogP contribution < -0.4 is 10.6 Å². The number of thiazole rings is 1. The lowest BCUT2D eigenvalue weighted by Gasteiger charge is -2.06. The van der Waals surface area contributed by atoms with Crippen molar-refractivity contribution in [3.63, 3.8) is 0 Å². The van der Waals surface area contributed by atoms with Gasteiger partial charge >= 0.3 is 0 Å². The second-order valence-electron chi connectivity index (χ2n) is 6.64. The van der Waals surface area contributed by atoms with Crippen LogP contribution in [-0.4, -0.2) is 24.0 Å². The number of hydrogen-bond acceptors (Lipinski definition) is 4. The van der Waals surface area contributed by atoms with Gasteiger partial charge in [-0.3, -0.25) is 4.79 Å². The number of hydrogen-bond donors (Lipinski definition) is 2. The Morgan fingerprint density at radius 3 is 2.83 bits per heavy atom. The SMILES string of the molecule is Cc1ccc(Cc2sc(NC(=O)CCC3CCNC3)nc2C)cc1. The van der Waals surface area contributed by atoms with Gasteiger partial charge in [-0.1, -0.05) is 29.8 Å². The zero-order chi connectivity index (χ0) is 16.9. The number of carbonyl (C=O) groups is 1. The average molecular weight is 343 g/mol. The van der Waals surface area contributed by atoms with Crippen LogP contribution in [0.2, 0.25) is 0 Å². The molecule has 1 aliphatic rings. The second-order valence-corrected chi connectivity index (χ2v) is 7.72. The van der Waals surface area contributed by atoms with Crippen molar-refractivity contribution in [2.75, 3.05) is 18.4 Å². The highest BCUT2D eigenvalue weighted by molar-refractivity contribution is 7.15. The molecule has 2 heterocycles. The van der Waals surface area contributed by atoms with Crippen LogP contribution in [0.1, 0.15) is 41.0 Å². The maximum Gasteiger partial charge on any atom is 0.226 e. The van der Waals surface area contributed by atoms with Crippen LogP contribution in [-0.2, 0) is 11.2 Å². The summed E-state index contributed by atoms with van der Waals surface area (Å²) in [4.78, 5) is 17.9. The Kier molecular flexibility index (Phi) is 5.63. The Balaban J connectivity index is 1.54. The topological polar surface area (TPSA) is 54.0 Å². The predicted molar refractivity (Wildman–Crippen MR) is 99.7 cm³/mol. The van der Waals surface area contributed by atoms with Gasteiger partial charge in [0.05, 0.1) is 5.69 Å². The Labute approximate surface area is 147 Å². The fourth-order valence-electron chi connectivity index (χ4n) is 3.01. The number of aromatic nitrogens is 1. The number of nitrogens with zero attached hydrogens (tertiary/aromatic N) is 1. The van der Waals surface area contributed by atoms with E-state index in [1.54, 1.807) is 11.3 Å². The van der Waals surface area contributed by atoms with Crippen molar-refractivity contribution in [1.29, 1.82) is 0 Å². The summed E-state index contributed by atoms with van der Waals surface area (Å²) in [7, 11) is 0. The minimum atomic E-state index is 0.0811. The molecule has 2 aromatic rings. The molecule has 0 saturated carbocycles. The lowest BCUT2D eigenvalue weighted by atomic mass is 10.0. The first-order valence-electron chi connectivity index (χ1n) is 8.62. The average Bonchev–Trinajstić information content (AvgIpc) is 3.18. The molecule has 128 valence electrons. The van der Waals surface area contributed by atoms with E-state index in [0.717, 1.165) is 36.8 Å². The van der Waals surface area contributed by atoms with Gasteiger partial charge in [0.15, 0.2) is 5.13 Å². The minimum Gasteiger partial charge on any atom is -0.316 e. The van der Waals surface area contributed by atoms with Gasteiger partial charge in [0.1, 0.15) is 0 Å². The Morgan fingerprint density at radius 2 is 2.12 bits per heavy atom. The highest BCUT2D eigenvalue weighted by Crippen LogP contribution is 2.26. The van der Waals surface area contributed by atoms with Gasteiger partial charge in [0, 0.05) is 17.7 Å². The Hall–Kier alpha value is -1.72. The van der Waals surface area contributed by atoms with Crippen LogP contribution in [0.4, 0.5) is 5.13 Å². The molecule has 1 fully saturated rings. The molecule has 1 aromatic carbocycles. The van der Waals surface area contributed by atoms with Crippen LogP contribution in [0.3, 0.4) is 0 Å². The molecule has 1 aromatic heterocycles. The number of aryl methyl sites for hydroxylation is 2. The van der Waals surface area contributed by atoms with Crippen molar-refractivity contribution in [3.8, 4) is 0 Å². The lowest BCUT2D eigenvalue weighted by Crippen LogP contribution is -2.14. The Morgan fingerprint density at radius 1 is 1.33 bits per heavy atom. The molecule has 3 rings (SSSR count). The number of benzene rings is 1. The first kappa shape index (κ1) is 17.1. The normalized spacial score (nSPS) is 17.2. The van der Waals surface area contributed by atoms with E-state index in [0.29, 0.717) is 12.3 Å². The van der Waals surface area contributed by atoms with Crippen molar-refractivity contribution in [2.24, 2.45) is 5.92 Å². The lowest BCUT2D eigenvalue weighted by molar-refractivity contribution is -0.116. The Bertz CT molecular complexity index is 687. The van der Waals surface area contributed by atoms with Gasteiger partial charge in [-0.05, 0) is 51.3 Å². The van der Waals surface area contributed by atoms with Gasteiger partial charge in [-0.2, -0.15) is 0 Å². The van der Waals surface area contributed by atoms with Crippen LogP contribution in [0.5, 0.6) is 0 Å². The fraction of sp³-hybridized carbons (Fsp3) is 0.474. The third-order valence-corrected chi connectivity index (χ3v) is 5.64. The number of carbonyl (C=O) groups excluding carboxylic acids is 1. The third kappa shape index (κ3) is 4.65. The molecule has 1 aliphatic heterocycles. The van der Waals surface area contributed by atoms with Crippen LogP contribution in [0, 0.1) is 19.8 Å². The van der Waals surface area contributed by atoms with Gasteiger partial charge < -0.3 is 10.6 Å². The number of anilines is 1. The molecule has 5 heteroatoms. The molecule has 0 aliphatic carbocycles. The van der Waals surface area contributed by atoms with Crippen LogP contribution in [0.15, 0.2) is 24.3 Å². The maximum absolute atomic E-state index is 12.1. The van der Waals surface area contributed by atoms with Crippen molar-refractivity contribution in [3.05, 3.63) is 46.0 Å². The summed E-state index contributed by atoms with van der Waals surface area (Å²) in [5.41, 5.74) is 3.56. The largest absolute Gasteiger partial charge is 0.316 e. The molecule has 1 unspecified atom stereocenters. The zero-order valence-electron chi connectivity index (χ0n) is 14.4. The summed E-state index contributed by atoms with van der Waals surface area (Å²) in [5, 5.41) is 7.04. The summed E-state index contributed by atoms with van der Waals surface area (Å²) in [6.07, 6.45) is 3.59. The summed E-state index contributed by atoms with van der Waals surface area (Å²) in [6.45, 7) is 6.24. The van der Waals surface area contributed by atoms with E-state index < -0.39 is 0 Å². The molecule has 0 radical (unpaired) electrons. The first-order valence-corrected chi connectivity index (χ1v) is 9.44. The van der Waals surface area contributed by atoms with Crippen molar-refractivity contribution in [1.82, 2.24) is 10.3 Å². The zero-order valence-corrected chi connectivity index (χ0v) is 15.2. The maximum atomic E-state index is 12.1.